The first kappa shape index (κ1) is 25.9. The Kier molecular flexibility index (Phi) is 9.09. The Bertz CT molecular complexity index is 1030. The van der Waals surface area contributed by atoms with Gasteiger partial charge in [-0.25, -0.2) is 19.6 Å². The molecular weight excluding hydrogens is 468 g/mol. The summed E-state index contributed by atoms with van der Waals surface area (Å²) < 4.78 is 9.30. The number of hydrogen-bond acceptors (Lipinski definition) is 8. The summed E-state index contributed by atoms with van der Waals surface area (Å²) in [5.74, 6) is -0.624. The van der Waals surface area contributed by atoms with E-state index in [-0.39, 0.29) is 25.0 Å². The normalized spacial score (nSPS) is 18.5. The summed E-state index contributed by atoms with van der Waals surface area (Å²) in [5, 5.41) is 15.2. The van der Waals surface area contributed by atoms with E-state index < -0.39 is 24.3 Å². The average molecular weight is 495 g/mol. The second-order valence-electron chi connectivity index (χ2n) is 7.62. The number of carbonyl (C=O) groups excluding carboxylic acids is 4. The predicted octanol–water partition coefficient (Wildman–Crippen LogP) is 1.17. The Hall–Kier alpha value is -4.74. The molecule has 2 aliphatic heterocycles. The van der Waals surface area contributed by atoms with Crippen LogP contribution < -0.4 is 10.6 Å². The number of nitrogens with zero attached hydrogens (tertiary/aromatic N) is 4. The lowest BCUT2D eigenvalue weighted by Gasteiger charge is -2.13. The monoisotopic (exact) mass is 494 g/mol. The molecule has 12 nitrogen and oxygen atoms in total. The third-order valence-corrected chi connectivity index (χ3v) is 4.94. The number of ether oxygens (including phenoxy) is 2. The van der Waals surface area contributed by atoms with Gasteiger partial charge in [-0.3, -0.25) is 9.59 Å². The number of rotatable bonds is 6. The molecule has 0 saturated carbocycles. The van der Waals surface area contributed by atoms with Crippen molar-refractivity contribution in [1.82, 2.24) is 20.7 Å². The molecule has 2 saturated heterocycles. The van der Waals surface area contributed by atoms with E-state index >= 15 is 0 Å². The van der Waals surface area contributed by atoms with Crippen LogP contribution in [0.1, 0.15) is 11.1 Å². The largest absolute Gasteiger partial charge is 0.447 e. The topological polar surface area (TPSA) is 142 Å². The summed E-state index contributed by atoms with van der Waals surface area (Å²) in [6.07, 6.45) is 2.01. The Labute approximate surface area is 207 Å². The molecule has 0 radical (unpaired) electrons. The van der Waals surface area contributed by atoms with E-state index in [9.17, 15) is 19.2 Å². The van der Waals surface area contributed by atoms with Crippen LogP contribution in [0.25, 0.3) is 0 Å². The van der Waals surface area contributed by atoms with Crippen molar-refractivity contribution in [3.63, 3.8) is 0 Å². The van der Waals surface area contributed by atoms with Crippen molar-refractivity contribution in [2.45, 2.75) is 12.1 Å². The molecule has 0 bridgehead atoms. The lowest BCUT2D eigenvalue weighted by Crippen LogP contribution is -2.41. The zero-order chi connectivity index (χ0) is 25.9. The van der Waals surface area contributed by atoms with Gasteiger partial charge in [0.15, 0.2) is 0 Å². The molecule has 2 fully saturated rings. The smallest absolute Gasteiger partial charge is 0.407 e. The van der Waals surface area contributed by atoms with E-state index in [1.54, 1.807) is 12.4 Å². The van der Waals surface area contributed by atoms with Gasteiger partial charge >= 0.3 is 12.2 Å². The first-order chi connectivity index (χ1) is 17.3. The highest BCUT2D eigenvalue weighted by atomic mass is 16.6. The molecule has 2 atom stereocenters. The quantitative estimate of drug-likeness (QED) is 0.456. The average Bonchev–Trinajstić information content (AvgIpc) is 3.54. The third kappa shape index (κ3) is 7.65. The molecule has 2 aromatic carbocycles. The van der Waals surface area contributed by atoms with Crippen molar-refractivity contribution in [2.75, 3.05) is 27.3 Å². The Balaban J connectivity index is 0.000000201. The molecule has 0 aromatic heterocycles. The summed E-state index contributed by atoms with van der Waals surface area (Å²) in [4.78, 5) is 45.3. The van der Waals surface area contributed by atoms with E-state index in [4.69, 9.17) is 0 Å². The highest BCUT2D eigenvalue weighted by Crippen LogP contribution is 2.04. The SMILES string of the molecule is CN(/N=C/c1ccccc1)C(=O)[C@@H]1COC(=O)N1.CN(/N=C/c1ccccc1)C(=O)[C@H]1COC(=O)N1. The van der Waals surface area contributed by atoms with Crippen LogP contribution in [0.15, 0.2) is 70.9 Å². The molecule has 2 aliphatic rings. The molecule has 188 valence electrons. The summed E-state index contributed by atoms with van der Waals surface area (Å²) in [6.45, 7) is 0.0890. The van der Waals surface area contributed by atoms with Gasteiger partial charge in [0.2, 0.25) is 0 Å². The van der Waals surface area contributed by atoms with Gasteiger partial charge in [0, 0.05) is 14.1 Å². The van der Waals surface area contributed by atoms with Crippen LogP contribution in [0.2, 0.25) is 0 Å². The fraction of sp³-hybridized carbons (Fsp3) is 0.250. The molecule has 36 heavy (non-hydrogen) atoms. The van der Waals surface area contributed by atoms with Crippen molar-refractivity contribution in [3.8, 4) is 0 Å². The van der Waals surface area contributed by atoms with Crippen LogP contribution in [0, 0.1) is 0 Å². The molecule has 2 N–H and O–H groups in total. The molecule has 12 heteroatoms. The number of cyclic esters (lactones) is 2. The molecule has 4 amide bonds. The predicted molar refractivity (Wildman–Crippen MR) is 130 cm³/mol. The van der Waals surface area contributed by atoms with Gasteiger partial charge in [-0.15, -0.1) is 0 Å². The van der Waals surface area contributed by atoms with Gasteiger partial charge in [-0.1, -0.05) is 60.7 Å². The number of nitrogens with one attached hydrogen (secondary N) is 2. The molecule has 2 heterocycles. The second kappa shape index (κ2) is 12.6. The van der Waals surface area contributed by atoms with E-state index in [1.807, 2.05) is 60.7 Å². The zero-order valence-electron chi connectivity index (χ0n) is 19.7. The van der Waals surface area contributed by atoms with Gasteiger partial charge in [-0.2, -0.15) is 10.2 Å². The van der Waals surface area contributed by atoms with Crippen molar-refractivity contribution in [3.05, 3.63) is 71.8 Å². The summed E-state index contributed by atoms with van der Waals surface area (Å²) in [7, 11) is 3.07. The summed E-state index contributed by atoms with van der Waals surface area (Å²) in [6, 6.07) is 17.5. The number of hydrazone groups is 2. The zero-order valence-corrected chi connectivity index (χ0v) is 19.7. The third-order valence-electron chi connectivity index (χ3n) is 4.94. The maximum atomic E-state index is 11.8. The first-order valence-corrected chi connectivity index (χ1v) is 10.9. The van der Waals surface area contributed by atoms with Crippen molar-refractivity contribution >= 4 is 36.4 Å². The minimum Gasteiger partial charge on any atom is -0.447 e. The Morgan fingerprint density at radius 3 is 1.42 bits per heavy atom. The lowest BCUT2D eigenvalue weighted by molar-refractivity contribution is -0.132. The lowest BCUT2D eigenvalue weighted by atomic mass is 10.2. The Morgan fingerprint density at radius 1 is 0.750 bits per heavy atom. The highest BCUT2D eigenvalue weighted by Gasteiger charge is 2.31. The number of amides is 4. The standard InChI is InChI=1S/2C12H13N3O3/c2*1-15(11(16)10-8-18-12(17)14-10)13-7-9-5-3-2-4-6-9/h2*2-7,10H,8H2,1H3,(H,14,17)/b2*13-7+/t2*10-/m10/s1. The van der Waals surface area contributed by atoms with E-state index in [0.717, 1.165) is 11.1 Å². The van der Waals surface area contributed by atoms with Crippen LogP contribution in [-0.4, -0.2) is 85.8 Å². The van der Waals surface area contributed by atoms with Crippen molar-refractivity contribution in [2.24, 2.45) is 10.2 Å². The maximum Gasteiger partial charge on any atom is 0.407 e. The summed E-state index contributed by atoms with van der Waals surface area (Å²) >= 11 is 0. The minimum absolute atomic E-state index is 0.0445. The molecule has 4 rings (SSSR count). The molecule has 0 aliphatic carbocycles. The first-order valence-electron chi connectivity index (χ1n) is 10.9. The number of carbonyl (C=O) groups is 4. The van der Waals surface area contributed by atoms with Crippen LogP contribution in [0.3, 0.4) is 0 Å². The maximum absolute atomic E-state index is 11.8. The minimum atomic E-state index is -0.657. The number of hydrogen-bond donors (Lipinski definition) is 2. The van der Waals surface area contributed by atoms with Crippen molar-refractivity contribution < 1.29 is 28.7 Å². The van der Waals surface area contributed by atoms with E-state index in [0.29, 0.717) is 0 Å². The molecule has 0 unspecified atom stereocenters. The van der Waals surface area contributed by atoms with Crippen molar-refractivity contribution in [1.29, 1.82) is 0 Å². The van der Waals surface area contributed by atoms with Gasteiger partial charge < -0.3 is 20.1 Å². The van der Waals surface area contributed by atoms with E-state index in [2.05, 4.69) is 30.3 Å². The molecule has 0 spiro atoms. The van der Waals surface area contributed by atoms with Crippen LogP contribution >= 0.6 is 0 Å². The van der Waals surface area contributed by atoms with Crippen LogP contribution in [0.4, 0.5) is 9.59 Å². The fourth-order valence-electron chi connectivity index (χ4n) is 2.98. The number of benzene rings is 2. The second-order valence-corrected chi connectivity index (χ2v) is 7.62. The summed E-state index contributed by atoms with van der Waals surface area (Å²) in [5.41, 5.74) is 1.78. The van der Waals surface area contributed by atoms with Crippen LogP contribution in [-0.2, 0) is 19.1 Å². The number of alkyl carbamates (subject to hydrolysis) is 2. The Morgan fingerprint density at radius 2 is 1.11 bits per heavy atom. The molecular formula is C24H26N6O6. The van der Waals surface area contributed by atoms with Gasteiger partial charge in [0.05, 0.1) is 12.4 Å². The van der Waals surface area contributed by atoms with Crippen LogP contribution in [0.5, 0.6) is 0 Å². The highest BCUT2D eigenvalue weighted by molar-refractivity contribution is 5.89. The fourth-order valence-corrected chi connectivity index (χ4v) is 2.98. The molecule has 2 aromatic rings. The number of likely N-dealkylation sites (N-methyl/N-ethyl adjacent to an activating group) is 2. The van der Waals surface area contributed by atoms with Gasteiger partial charge in [-0.05, 0) is 11.1 Å². The van der Waals surface area contributed by atoms with Gasteiger partial charge in [0.25, 0.3) is 11.8 Å². The van der Waals surface area contributed by atoms with Gasteiger partial charge in [0.1, 0.15) is 25.3 Å². The van der Waals surface area contributed by atoms with E-state index in [1.165, 1.54) is 24.1 Å².